The minimum Gasteiger partial charge on any atom is -0.434 e. The average Bonchev–Trinajstić information content (AvgIpc) is 2.92. The van der Waals surface area contributed by atoms with E-state index >= 15 is 0 Å². The van der Waals surface area contributed by atoms with Crippen LogP contribution in [0.4, 0.5) is 8.78 Å². The number of hydrogen-bond acceptors (Lipinski definition) is 4. The Bertz CT molecular complexity index is 953. The van der Waals surface area contributed by atoms with Crippen LogP contribution in [0, 0.1) is 6.92 Å². The number of carbonyl (C=O) groups is 1. The molecule has 3 aromatic rings. The first-order valence-corrected chi connectivity index (χ1v) is 7.82. The first kappa shape index (κ1) is 17.5. The van der Waals surface area contributed by atoms with Crippen LogP contribution >= 0.6 is 0 Å². The van der Waals surface area contributed by atoms with Gasteiger partial charge in [-0.1, -0.05) is 24.3 Å². The predicted octanol–water partition coefficient (Wildman–Crippen LogP) is 3.10. The van der Waals surface area contributed by atoms with E-state index in [2.05, 4.69) is 20.2 Å². The normalized spacial score (nSPS) is 11.4. The Hall–Kier alpha value is -3.29. The molecule has 0 aliphatic rings. The molecule has 1 N–H and O–H groups in total. The molecule has 1 amide bonds. The third-order valence-corrected chi connectivity index (χ3v) is 3.68. The molecule has 134 valence electrons. The summed E-state index contributed by atoms with van der Waals surface area (Å²) in [5, 5.41) is 3.82. The number of hydrogen-bond donors (Lipinski definition) is 1. The third-order valence-electron chi connectivity index (χ3n) is 3.68. The summed E-state index contributed by atoms with van der Waals surface area (Å²) in [7, 11) is 0. The standard InChI is InChI=1S/C18H16F2N4O2/c1-12-22-14-7-3-4-8-15(14)24(12)11-17(25)23-21-10-13-6-2-5-9-16(13)26-18(19)20/h2-10,18H,11H2,1H3,(H,23,25)/b21-10-. The fraction of sp³-hybridized carbons (Fsp3) is 0.167. The van der Waals surface area contributed by atoms with Crippen LogP contribution < -0.4 is 10.2 Å². The highest BCUT2D eigenvalue weighted by atomic mass is 19.3. The molecule has 26 heavy (non-hydrogen) atoms. The van der Waals surface area contributed by atoms with Crippen LogP contribution in [0.5, 0.6) is 5.75 Å². The van der Waals surface area contributed by atoms with Crippen molar-refractivity contribution in [2.75, 3.05) is 0 Å². The lowest BCUT2D eigenvalue weighted by Gasteiger charge is -2.07. The molecule has 0 saturated heterocycles. The average molecular weight is 358 g/mol. The first-order chi connectivity index (χ1) is 12.5. The van der Waals surface area contributed by atoms with Crippen molar-refractivity contribution in [1.82, 2.24) is 15.0 Å². The lowest BCUT2D eigenvalue weighted by Crippen LogP contribution is -2.23. The zero-order chi connectivity index (χ0) is 18.5. The Morgan fingerprint density at radius 3 is 2.81 bits per heavy atom. The van der Waals surface area contributed by atoms with E-state index in [4.69, 9.17) is 0 Å². The predicted molar refractivity (Wildman–Crippen MR) is 93.3 cm³/mol. The summed E-state index contributed by atoms with van der Waals surface area (Å²) < 4.78 is 30.9. The van der Waals surface area contributed by atoms with Gasteiger partial charge in [-0.25, -0.2) is 10.4 Å². The van der Waals surface area contributed by atoms with Gasteiger partial charge in [-0.3, -0.25) is 4.79 Å². The first-order valence-electron chi connectivity index (χ1n) is 7.82. The zero-order valence-corrected chi connectivity index (χ0v) is 13.9. The van der Waals surface area contributed by atoms with Crippen molar-refractivity contribution in [3.8, 4) is 5.75 Å². The summed E-state index contributed by atoms with van der Waals surface area (Å²) >= 11 is 0. The largest absolute Gasteiger partial charge is 0.434 e. The van der Waals surface area contributed by atoms with Gasteiger partial charge in [0, 0.05) is 5.56 Å². The minimum absolute atomic E-state index is 0.0167. The number of amides is 1. The Morgan fingerprint density at radius 1 is 1.27 bits per heavy atom. The van der Waals surface area contributed by atoms with Crippen molar-refractivity contribution in [2.24, 2.45) is 5.10 Å². The minimum atomic E-state index is -2.93. The molecule has 6 nitrogen and oxygen atoms in total. The Morgan fingerprint density at radius 2 is 2.00 bits per heavy atom. The molecule has 0 aliphatic heterocycles. The number of ether oxygens (including phenoxy) is 1. The second-order valence-corrected chi connectivity index (χ2v) is 5.44. The van der Waals surface area contributed by atoms with E-state index in [0.29, 0.717) is 11.4 Å². The van der Waals surface area contributed by atoms with Crippen molar-refractivity contribution < 1.29 is 18.3 Å². The quantitative estimate of drug-likeness (QED) is 0.544. The maximum absolute atomic E-state index is 12.4. The number of hydrazone groups is 1. The number of para-hydroxylation sites is 3. The van der Waals surface area contributed by atoms with E-state index in [1.807, 2.05) is 31.2 Å². The molecule has 0 spiro atoms. The Labute approximate surface area is 148 Å². The van der Waals surface area contributed by atoms with Gasteiger partial charge in [0.15, 0.2) is 0 Å². The van der Waals surface area contributed by atoms with Gasteiger partial charge in [0.05, 0.1) is 17.2 Å². The van der Waals surface area contributed by atoms with E-state index < -0.39 is 6.61 Å². The molecule has 8 heteroatoms. The number of halogens is 2. The van der Waals surface area contributed by atoms with E-state index in [1.54, 1.807) is 22.8 Å². The number of alkyl halides is 2. The zero-order valence-electron chi connectivity index (χ0n) is 13.9. The van der Waals surface area contributed by atoms with E-state index in [-0.39, 0.29) is 18.2 Å². The van der Waals surface area contributed by atoms with Gasteiger partial charge in [0.1, 0.15) is 18.1 Å². The molecule has 0 aliphatic carbocycles. The van der Waals surface area contributed by atoms with Crippen LogP contribution in [0.3, 0.4) is 0 Å². The summed E-state index contributed by atoms with van der Waals surface area (Å²) in [4.78, 5) is 16.5. The van der Waals surface area contributed by atoms with E-state index in [1.165, 1.54) is 12.3 Å². The Kier molecular flexibility index (Phi) is 5.21. The molecule has 0 saturated carbocycles. The molecule has 0 atom stereocenters. The van der Waals surface area contributed by atoms with Crippen LogP contribution in [0.25, 0.3) is 11.0 Å². The molecular weight excluding hydrogens is 342 g/mol. The van der Waals surface area contributed by atoms with Gasteiger partial charge in [0.2, 0.25) is 0 Å². The Balaban J connectivity index is 1.68. The molecule has 3 rings (SSSR count). The molecule has 1 heterocycles. The molecule has 0 bridgehead atoms. The highest BCUT2D eigenvalue weighted by Crippen LogP contribution is 2.18. The number of rotatable bonds is 6. The number of aromatic nitrogens is 2. The fourth-order valence-corrected chi connectivity index (χ4v) is 2.54. The molecule has 2 aromatic carbocycles. The molecule has 0 unspecified atom stereocenters. The fourth-order valence-electron chi connectivity index (χ4n) is 2.54. The maximum Gasteiger partial charge on any atom is 0.387 e. The monoisotopic (exact) mass is 358 g/mol. The third kappa shape index (κ3) is 4.02. The number of fused-ring (bicyclic) bond motifs is 1. The summed E-state index contributed by atoms with van der Waals surface area (Å²) in [6.45, 7) is -1.08. The van der Waals surface area contributed by atoms with Gasteiger partial charge < -0.3 is 9.30 Å². The second kappa shape index (κ2) is 7.73. The molecule has 0 radical (unpaired) electrons. The molecule has 1 aromatic heterocycles. The summed E-state index contributed by atoms with van der Waals surface area (Å²) in [6.07, 6.45) is 1.26. The van der Waals surface area contributed by atoms with Crippen LogP contribution in [-0.4, -0.2) is 28.3 Å². The lowest BCUT2D eigenvalue weighted by atomic mass is 10.2. The van der Waals surface area contributed by atoms with Crippen molar-refractivity contribution in [1.29, 1.82) is 0 Å². The van der Waals surface area contributed by atoms with Crippen molar-refractivity contribution in [3.05, 3.63) is 59.9 Å². The van der Waals surface area contributed by atoms with Crippen molar-refractivity contribution >= 4 is 23.2 Å². The lowest BCUT2D eigenvalue weighted by molar-refractivity contribution is -0.121. The maximum atomic E-state index is 12.4. The number of benzene rings is 2. The summed E-state index contributed by atoms with van der Waals surface area (Å²) in [5.74, 6) is 0.331. The van der Waals surface area contributed by atoms with Gasteiger partial charge in [0.25, 0.3) is 5.91 Å². The van der Waals surface area contributed by atoms with Gasteiger partial charge in [-0.15, -0.1) is 0 Å². The summed E-state index contributed by atoms with van der Waals surface area (Å²) in [5.41, 5.74) is 4.36. The smallest absolute Gasteiger partial charge is 0.387 e. The molecule has 0 fully saturated rings. The number of nitrogens with one attached hydrogen (secondary N) is 1. The van der Waals surface area contributed by atoms with Crippen LogP contribution in [0.15, 0.2) is 53.6 Å². The topological polar surface area (TPSA) is 68.5 Å². The van der Waals surface area contributed by atoms with Crippen molar-refractivity contribution in [2.45, 2.75) is 20.1 Å². The van der Waals surface area contributed by atoms with E-state index in [0.717, 1.165) is 11.0 Å². The highest BCUT2D eigenvalue weighted by molar-refractivity contribution is 5.85. The van der Waals surface area contributed by atoms with Crippen LogP contribution in [-0.2, 0) is 11.3 Å². The van der Waals surface area contributed by atoms with Crippen LogP contribution in [0.1, 0.15) is 11.4 Å². The van der Waals surface area contributed by atoms with Gasteiger partial charge >= 0.3 is 6.61 Å². The number of aryl methyl sites for hydroxylation is 1. The summed E-state index contributed by atoms with van der Waals surface area (Å²) in [6, 6.07) is 13.7. The van der Waals surface area contributed by atoms with Crippen molar-refractivity contribution in [3.63, 3.8) is 0 Å². The SMILES string of the molecule is Cc1nc2ccccc2n1CC(=O)N/N=C\c1ccccc1OC(F)F. The van der Waals surface area contributed by atoms with Gasteiger partial charge in [-0.05, 0) is 31.2 Å². The molecular formula is C18H16F2N4O2. The van der Waals surface area contributed by atoms with Gasteiger partial charge in [-0.2, -0.15) is 13.9 Å². The van der Waals surface area contributed by atoms with Crippen LogP contribution in [0.2, 0.25) is 0 Å². The van der Waals surface area contributed by atoms with E-state index in [9.17, 15) is 13.6 Å². The highest BCUT2D eigenvalue weighted by Gasteiger charge is 2.10. The number of nitrogens with zero attached hydrogens (tertiary/aromatic N) is 3. The second-order valence-electron chi connectivity index (χ2n) is 5.44. The number of imidazole rings is 1. The number of carbonyl (C=O) groups excluding carboxylic acids is 1.